The molecule has 0 N–H and O–H groups in total. The number of carbonyl (C=O) groups is 1. The van der Waals surface area contributed by atoms with Crippen LogP contribution in [0.5, 0.6) is 0 Å². The molecule has 3 rings (SSSR count). The van der Waals surface area contributed by atoms with Gasteiger partial charge in [-0.15, -0.1) is 0 Å². The van der Waals surface area contributed by atoms with Gasteiger partial charge in [0.15, 0.2) is 10.9 Å². The number of carbonyl (C=O) groups excluding carboxylic acids is 1. The molecule has 0 aromatic carbocycles. The Bertz CT molecular complexity index is 640. The van der Waals surface area contributed by atoms with Crippen LogP contribution in [0.1, 0.15) is 54.5 Å². The van der Waals surface area contributed by atoms with Crippen LogP contribution in [-0.4, -0.2) is 33.4 Å². The van der Waals surface area contributed by atoms with Crippen molar-refractivity contribution in [2.45, 2.75) is 45.6 Å². The fourth-order valence-corrected chi connectivity index (χ4v) is 3.71. The Morgan fingerprint density at radius 1 is 1.27 bits per heavy atom. The number of aromatic nitrogens is 3. The second-order valence-corrected chi connectivity index (χ2v) is 7.06. The van der Waals surface area contributed by atoms with Crippen molar-refractivity contribution in [3.05, 3.63) is 29.3 Å². The largest absolute Gasteiger partial charge is 0.348 e. The van der Waals surface area contributed by atoms with E-state index in [4.69, 9.17) is 0 Å². The molecule has 118 valence electrons. The fraction of sp³-hybridized carbons (Fsp3) is 0.562. The van der Waals surface area contributed by atoms with Crippen LogP contribution in [0, 0.1) is 0 Å². The van der Waals surface area contributed by atoms with Crippen molar-refractivity contribution in [3.63, 3.8) is 0 Å². The number of nitrogens with zero attached hydrogens (tertiary/aromatic N) is 4. The molecule has 0 unspecified atom stereocenters. The van der Waals surface area contributed by atoms with E-state index in [0.29, 0.717) is 12.5 Å². The molecule has 3 heterocycles. The van der Waals surface area contributed by atoms with Crippen LogP contribution in [-0.2, 0) is 6.54 Å². The van der Waals surface area contributed by atoms with Gasteiger partial charge >= 0.3 is 0 Å². The lowest BCUT2D eigenvalue weighted by molar-refractivity contribution is 0.0974. The molecule has 0 radical (unpaired) electrons. The van der Waals surface area contributed by atoms with Gasteiger partial charge in [-0.3, -0.25) is 4.79 Å². The van der Waals surface area contributed by atoms with E-state index in [2.05, 4.69) is 28.7 Å². The number of ketones is 1. The van der Waals surface area contributed by atoms with Gasteiger partial charge in [0.1, 0.15) is 5.82 Å². The van der Waals surface area contributed by atoms with E-state index in [1.165, 1.54) is 30.6 Å². The summed E-state index contributed by atoms with van der Waals surface area (Å²) < 4.78 is 1.94. The summed E-state index contributed by atoms with van der Waals surface area (Å²) in [5, 5.41) is 0.984. The first-order chi connectivity index (χ1) is 10.6. The Hall–Kier alpha value is -1.69. The van der Waals surface area contributed by atoms with Gasteiger partial charge in [-0.05, 0) is 19.3 Å². The Kier molecular flexibility index (Phi) is 4.57. The molecule has 22 heavy (non-hydrogen) atoms. The quantitative estimate of drug-likeness (QED) is 0.793. The van der Waals surface area contributed by atoms with E-state index in [1.54, 1.807) is 12.4 Å². The second-order valence-electron chi connectivity index (χ2n) is 6.05. The third-order valence-corrected chi connectivity index (χ3v) is 5.07. The number of anilines is 1. The molecule has 1 aliphatic rings. The highest BCUT2D eigenvalue weighted by atomic mass is 32.1. The molecule has 2 aromatic heterocycles. The van der Waals surface area contributed by atoms with E-state index < -0.39 is 0 Å². The number of hydrogen-bond donors (Lipinski definition) is 0. The van der Waals surface area contributed by atoms with E-state index in [1.807, 2.05) is 10.8 Å². The Labute approximate surface area is 135 Å². The molecule has 0 aliphatic carbocycles. The molecule has 0 amide bonds. The molecule has 0 bridgehead atoms. The van der Waals surface area contributed by atoms with Crippen molar-refractivity contribution in [3.8, 4) is 0 Å². The molecule has 5 nitrogen and oxygen atoms in total. The van der Waals surface area contributed by atoms with E-state index in [0.717, 1.165) is 28.9 Å². The molecule has 1 aliphatic heterocycles. The third kappa shape index (κ3) is 3.21. The van der Waals surface area contributed by atoms with Gasteiger partial charge in [0, 0.05) is 31.4 Å². The van der Waals surface area contributed by atoms with Crippen molar-refractivity contribution in [1.29, 1.82) is 0 Å². The Balaban J connectivity index is 1.70. The molecule has 1 saturated heterocycles. The summed E-state index contributed by atoms with van der Waals surface area (Å²) in [7, 11) is 0. The van der Waals surface area contributed by atoms with Gasteiger partial charge in [0.25, 0.3) is 0 Å². The lowest BCUT2D eigenvalue weighted by Crippen LogP contribution is -2.29. The first-order valence-electron chi connectivity index (χ1n) is 7.90. The zero-order valence-electron chi connectivity index (χ0n) is 13.2. The highest BCUT2D eigenvalue weighted by Gasteiger charge is 2.18. The third-order valence-electron chi connectivity index (χ3n) is 3.97. The molecule has 2 aromatic rings. The zero-order chi connectivity index (χ0) is 15.5. The molecule has 0 spiro atoms. The maximum atomic E-state index is 12.5. The lowest BCUT2D eigenvalue weighted by atomic mass is 10.1. The number of thiazole rings is 1. The Morgan fingerprint density at radius 3 is 2.77 bits per heavy atom. The number of rotatable bonds is 5. The number of Topliss-reactive ketones (excluding diaryl/α,β-unsaturated/α-hetero) is 1. The van der Waals surface area contributed by atoms with Gasteiger partial charge in [-0.2, -0.15) is 0 Å². The summed E-state index contributed by atoms with van der Waals surface area (Å²) in [6, 6.07) is 0. The minimum absolute atomic E-state index is 0.112. The highest BCUT2D eigenvalue weighted by molar-refractivity contribution is 7.17. The number of piperidine rings is 1. The highest BCUT2D eigenvalue weighted by Crippen LogP contribution is 2.26. The summed E-state index contributed by atoms with van der Waals surface area (Å²) in [5.74, 6) is 1.38. The van der Waals surface area contributed by atoms with Crippen LogP contribution in [0.2, 0.25) is 0 Å². The van der Waals surface area contributed by atoms with E-state index in [9.17, 15) is 4.79 Å². The van der Waals surface area contributed by atoms with Gasteiger partial charge in [0.05, 0.1) is 17.6 Å². The molecular weight excluding hydrogens is 296 g/mol. The summed E-state index contributed by atoms with van der Waals surface area (Å²) >= 11 is 1.52. The average molecular weight is 318 g/mol. The first-order valence-corrected chi connectivity index (χ1v) is 8.72. The van der Waals surface area contributed by atoms with Crippen LogP contribution in [0.3, 0.4) is 0 Å². The van der Waals surface area contributed by atoms with Crippen LogP contribution >= 0.6 is 11.3 Å². The first kappa shape index (κ1) is 15.2. The molecule has 0 atom stereocenters. The number of imidazole rings is 1. The van der Waals surface area contributed by atoms with E-state index >= 15 is 0 Å². The number of hydrogen-bond acceptors (Lipinski definition) is 5. The standard InChI is InChI=1S/C16H22N4OS/c1-12(2)15-17-6-9-20(15)11-13(21)14-10-18-16(22-14)19-7-4-3-5-8-19/h6,9-10,12H,3-5,7-8,11H2,1-2H3. The lowest BCUT2D eigenvalue weighted by Gasteiger charge is -2.25. The average Bonchev–Trinajstić information content (AvgIpc) is 3.17. The molecule has 6 heteroatoms. The molecular formula is C16H22N4OS. The van der Waals surface area contributed by atoms with Crippen molar-refractivity contribution in [2.75, 3.05) is 18.0 Å². The topological polar surface area (TPSA) is 51.0 Å². The van der Waals surface area contributed by atoms with E-state index in [-0.39, 0.29) is 5.78 Å². The van der Waals surface area contributed by atoms with Crippen LogP contribution in [0.25, 0.3) is 0 Å². The van der Waals surface area contributed by atoms with Gasteiger partial charge < -0.3 is 9.47 Å². The predicted molar refractivity (Wildman–Crippen MR) is 88.8 cm³/mol. The predicted octanol–water partition coefficient (Wildman–Crippen LogP) is 3.34. The monoisotopic (exact) mass is 318 g/mol. The van der Waals surface area contributed by atoms with Gasteiger partial charge in [-0.25, -0.2) is 9.97 Å². The molecule has 0 saturated carbocycles. The summed E-state index contributed by atoms with van der Waals surface area (Å²) in [5.41, 5.74) is 0. The van der Waals surface area contributed by atoms with Crippen molar-refractivity contribution in [2.24, 2.45) is 0 Å². The van der Waals surface area contributed by atoms with Crippen molar-refractivity contribution < 1.29 is 4.79 Å². The van der Waals surface area contributed by atoms with Gasteiger partial charge in [0.2, 0.25) is 0 Å². The fourth-order valence-electron chi connectivity index (χ4n) is 2.81. The molecule has 1 fully saturated rings. The van der Waals surface area contributed by atoms with Crippen molar-refractivity contribution >= 4 is 22.3 Å². The smallest absolute Gasteiger partial charge is 0.194 e. The van der Waals surface area contributed by atoms with Gasteiger partial charge in [-0.1, -0.05) is 25.2 Å². The summed E-state index contributed by atoms with van der Waals surface area (Å²) in [6.07, 6.45) is 9.09. The normalized spacial score (nSPS) is 15.5. The summed E-state index contributed by atoms with van der Waals surface area (Å²) in [6.45, 7) is 6.63. The van der Waals surface area contributed by atoms with Crippen LogP contribution in [0.4, 0.5) is 5.13 Å². The minimum Gasteiger partial charge on any atom is -0.348 e. The maximum absolute atomic E-state index is 12.5. The van der Waals surface area contributed by atoms with Crippen LogP contribution < -0.4 is 4.90 Å². The summed E-state index contributed by atoms with van der Waals surface area (Å²) in [4.78, 5) is 24.3. The van der Waals surface area contributed by atoms with Crippen LogP contribution in [0.15, 0.2) is 18.6 Å². The minimum atomic E-state index is 0.112. The second kappa shape index (κ2) is 6.60. The Morgan fingerprint density at radius 2 is 2.05 bits per heavy atom. The van der Waals surface area contributed by atoms with Crippen molar-refractivity contribution in [1.82, 2.24) is 14.5 Å². The zero-order valence-corrected chi connectivity index (χ0v) is 14.0. The SMILES string of the molecule is CC(C)c1nccn1CC(=O)c1cnc(N2CCCCC2)s1. The maximum Gasteiger partial charge on any atom is 0.194 e.